The zero-order chi connectivity index (χ0) is 39.9. The van der Waals surface area contributed by atoms with Gasteiger partial charge in [-0.05, 0) is 53.8 Å². The zero-order valence-corrected chi connectivity index (χ0v) is 30.8. The third kappa shape index (κ3) is 5.97. The fourth-order valence-corrected chi connectivity index (χ4v) is 9.68. The number of carbonyl (C=O) groups is 1. The highest BCUT2D eigenvalue weighted by atomic mass is 19.4. The first-order chi connectivity index (χ1) is 27.3. The van der Waals surface area contributed by atoms with Gasteiger partial charge in [0, 0.05) is 54.5 Å². The Bertz CT molecular complexity index is 2200. The average Bonchev–Trinajstić information content (AvgIpc) is 3.49. The Balaban J connectivity index is 1.17. The summed E-state index contributed by atoms with van der Waals surface area (Å²) < 4.78 is 82.2. The standard InChI is InChI=1S/C44H39F5N4O4/c1-27-19-33-32(38(52(27)26-43(47,48)49)37-34(45)20-31(21-35(37)46)50-22-42(23-50)24-51(25-42)40(54)55)17-18-36-39(33)57-41(56)53(36)44(28-11-5-2-6-12-28,29-13-7-3-8-14-29)30-15-9-4-10-16-30/h2-18,20-21,27,38,41,56H,19,22-26H2,1H3,(H,54,55)/t27-,38+,41-/m1/s1. The molecular formula is C44H39F5N4O4. The van der Waals surface area contributed by atoms with E-state index < -0.39 is 60.0 Å². The SMILES string of the molecule is C[C@@H]1Cc2c(ccc3c2O[C@@H](O)N3C(c2ccccc2)(c2ccccc2)c2ccccc2)[C@@H](c2c(F)cc(N3CC4(CN(C(=O)O)C4)C3)cc2F)N1CC(F)(F)F. The molecule has 0 saturated carbocycles. The van der Waals surface area contributed by atoms with Gasteiger partial charge in [-0.25, -0.2) is 13.6 Å². The number of aliphatic hydroxyl groups is 1. The lowest BCUT2D eigenvalue weighted by molar-refractivity contribution is -0.155. The smallest absolute Gasteiger partial charge is 0.407 e. The summed E-state index contributed by atoms with van der Waals surface area (Å²) in [5.74, 6) is -1.76. The number of halogens is 5. The van der Waals surface area contributed by atoms with Crippen LogP contribution in [0.25, 0.3) is 0 Å². The molecule has 1 spiro atoms. The number of hydrogen-bond donors (Lipinski definition) is 2. The van der Waals surface area contributed by atoms with Gasteiger partial charge in [-0.3, -0.25) is 9.80 Å². The number of anilines is 2. The van der Waals surface area contributed by atoms with Crippen molar-refractivity contribution in [1.82, 2.24) is 9.80 Å². The molecule has 4 aliphatic heterocycles. The van der Waals surface area contributed by atoms with Crippen molar-refractivity contribution in [3.05, 3.63) is 160 Å². The maximum Gasteiger partial charge on any atom is 0.407 e. The van der Waals surface area contributed by atoms with Gasteiger partial charge in [0.15, 0.2) is 5.75 Å². The second kappa shape index (κ2) is 13.5. The maximum absolute atomic E-state index is 16.5. The summed E-state index contributed by atoms with van der Waals surface area (Å²) in [7, 11) is 0. The predicted molar refractivity (Wildman–Crippen MR) is 203 cm³/mol. The highest BCUT2D eigenvalue weighted by Crippen LogP contribution is 2.55. The van der Waals surface area contributed by atoms with Crippen LogP contribution in [-0.2, 0) is 12.0 Å². The number of aliphatic hydroxyl groups excluding tert-OH is 1. The van der Waals surface area contributed by atoms with E-state index in [2.05, 4.69) is 0 Å². The summed E-state index contributed by atoms with van der Waals surface area (Å²) in [6, 6.07) is 32.1. The van der Waals surface area contributed by atoms with Crippen LogP contribution < -0.4 is 14.5 Å². The molecule has 13 heteroatoms. The van der Waals surface area contributed by atoms with Gasteiger partial charge in [-0.15, -0.1) is 0 Å². The lowest BCUT2D eigenvalue weighted by Crippen LogP contribution is -2.73. The molecule has 57 heavy (non-hydrogen) atoms. The lowest BCUT2D eigenvalue weighted by atomic mass is 9.72. The normalized spacial score (nSPS) is 21.4. The molecule has 2 N–H and O–H groups in total. The van der Waals surface area contributed by atoms with Gasteiger partial charge in [0.2, 0.25) is 0 Å². The number of ether oxygens (including phenoxy) is 1. The van der Waals surface area contributed by atoms with Gasteiger partial charge in [0.25, 0.3) is 6.41 Å². The van der Waals surface area contributed by atoms with E-state index >= 15 is 8.78 Å². The van der Waals surface area contributed by atoms with E-state index in [0.29, 0.717) is 37.4 Å². The molecule has 2 saturated heterocycles. The number of amides is 1. The molecule has 9 rings (SSSR count). The predicted octanol–water partition coefficient (Wildman–Crippen LogP) is 8.13. The second-order valence-electron chi connectivity index (χ2n) is 15.7. The Hall–Kier alpha value is -5.66. The summed E-state index contributed by atoms with van der Waals surface area (Å²) in [5, 5.41) is 21.3. The molecule has 0 radical (unpaired) electrons. The molecule has 0 aliphatic carbocycles. The minimum Gasteiger partial charge on any atom is -0.465 e. The molecule has 5 aromatic carbocycles. The van der Waals surface area contributed by atoms with Crippen molar-refractivity contribution >= 4 is 17.5 Å². The first-order valence-corrected chi connectivity index (χ1v) is 18.8. The molecule has 0 bridgehead atoms. The van der Waals surface area contributed by atoms with Crippen LogP contribution in [0.4, 0.5) is 38.1 Å². The summed E-state index contributed by atoms with van der Waals surface area (Å²) in [6.45, 7) is 1.63. The van der Waals surface area contributed by atoms with Gasteiger partial charge < -0.3 is 24.7 Å². The van der Waals surface area contributed by atoms with Gasteiger partial charge in [0.05, 0.1) is 18.3 Å². The van der Waals surface area contributed by atoms with E-state index in [0.717, 1.165) is 33.7 Å². The van der Waals surface area contributed by atoms with E-state index in [1.165, 1.54) is 4.90 Å². The molecular weight excluding hydrogens is 743 g/mol. The van der Waals surface area contributed by atoms with Gasteiger partial charge in [-0.2, -0.15) is 13.2 Å². The van der Waals surface area contributed by atoms with Gasteiger partial charge in [0.1, 0.15) is 17.2 Å². The summed E-state index contributed by atoms with van der Waals surface area (Å²) in [5.41, 5.74) is 1.85. The number of fused-ring (bicyclic) bond motifs is 3. The number of rotatable bonds is 7. The Morgan fingerprint density at radius 3 is 1.82 bits per heavy atom. The third-order valence-corrected chi connectivity index (χ3v) is 12.0. The van der Waals surface area contributed by atoms with E-state index in [-0.39, 0.29) is 28.8 Å². The van der Waals surface area contributed by atoms with Crippen molar-refractivity contribution < 1.29 is 41.7 Å². The number of carboxylic acid groups (broad SMARTS) is 1. The molecule has 8 nitrogen and oxygen atoms in total. The summed E-state index contributed by atoms with van der Waals surface area (Å²) in [4.78, 5) is 17.2. The van der Waals surface area contributed by atoms with Crippen LogP contribution in [0.1, 0.15) is 46.3 Å². The van der Waals surface area contributed by atoms with Crippen LogP contribution in [0.3, 0.4) is 0 Å². The first kappa shape index (κ1) is 36.9. The highest BCUT2D eigenvalue weighted by Gasteiger charge is 2.55. The van der Waals surface area contributed by atoms with Crippen LogP contribution in [0.5, 0.6) is 5.75 Å². The number of benzene rings is 5. The molecule has 4 heterocycles. The maximum atomic E-state index is 16.5. The fraction of sp³-hybridized carbons (Fsp3) is 0.295. The number of hydrogen-bond acceptors (Lipinski definition) is 6. The fourth-order valence-electron chi connectivity index (χ4n) is 9.68. The number of alkyl halides is 3. The Morgan fingerprint density at radius 1 is 0.807 bits per heavy atom. The van der Waals surface area contributed by atoms with E-state index in [4.69, 9.17) is 4.74 Å². The third-order valence-electron chi connectivity index (χ3n) is 12.0. The molecule has 4 aliphatic rings. The molecule has 2 fully saturated rings. The van der Waals surface area contributed by atoms with Crippen molar-refractivity contribution in [2.45, 2.75) is 43.6 Å². The van der Waals surface area contributed by atoms with Crippen LogP contribution in [0.15, 0.2) is 115 Å². The first-order valence-electron chi connectivity index (χ1n) is 18.8. The van der Waals surface area contributed by atoms with Crippen LogP contribution in [0, 0.1) is 17.0 Å². The van der Waals surface area contributed by atoms with Crippen molar-refractivity contribution in [3.63, 3.8) is 0 Å². The quantitative estimate of drug-likeness (QED) is 0.128. The average molecular weight is 783 g/mol. The highest BCUT2D eigenvalue weighted by molar-refractivity contribution is 5.74. The molecule has 1 amide bonds. The second-order valence-corrected chi connectivity index (χ2v) is 15.7. The summed E-state index contributed by atoms with van der Waals surface area (Å²) in [6.07, 6.45) is -7.23. The van der Waals surface area contributed by atoms with Crippen molar-refractivity contribution in [2.24, 2.45) is 5.41 Å². The van der Waals surface area contributed by atoms with Crippen molar-refractivity contribution in [2.75, 3.05) is 42.5 Å². The molecule has 0 aromatic heterocycles. The van der Waals surface area contributed by atoms with Gasteiger partial charge in [-0.1, -0.05) is 97.1 Å². The molecule has 294 valence electrons. The topological polar surface area (TPSA) is 79.7 Å². The number of likely N-dealkylation sites (tertiary alicyclic amines) is 1. The van der Waals surface area contributed by atoms with Crippen LogP contribution >= 0.6 is 0 Å². The summed E-state index contributed by atoms with van der Waals surface area (Å²) >= 11 is 0. The lowest BCUT2D eigenvalue weighted by Gasteiger charge is -2.60. The van der Waals surface area contributed by atoms with Crippen molar-refractivity contribution in [1.29, 1.82) is 0 Å². The largest absolute Gasteiger partial charge is 0.465 e. The Morgan fingerprint density at radius 2 is 1.33 bits per heavy atom. The molecule has 3 atom stereocenters. The molecule has 5 aromatic rings. The van der Waals surface area contributed by atoms with Crippen LogP contribution in [0.2, 0.25) is 0 Å². The molecule has 0 unspecified atom stereocenters. The van der Waals surface area contributed by atoms with Gasteiger partial charge >= 0.3 is 12.3 Å². The Labute approximate surface area is 325 Å². The van der Waals surface area contributed by atoms with E-state index in [9.17, 15) is 28.2 Å². The Kier molecular flexibility index (Phi) is 8.74. The minimum atomic E-state index is -4.68. The minimum absolute atomic E-state index is 0.0468. The van der Waals surface area contributed by atoms with E-state index in [1.807, 2.05) is 91.0 Å². The van der Waals surface area contributed by atoms with Crippen LogP contribution in [-0.4, -0.2) is 77.5 Å². The zero-order valence-electron chi connectivity index (χ0n) is 30.8. The number of nitrogens with zero attached hydrogens (tertiary/aromatic N) is 4. The monoisotopic (exact) mass is 782 g/mol. The van der Waals surface area contributed by atoms with E-state index in [1.54, 1.807) is 28.9 Å². The van der Waals surface area contributed by atoms with Crippen molar-refractivity contribution in [3.8, 4) is 5.75 Å².